The fourth-order valence-corrected chi connectivity index (χ4v) is 2.37. The number of hydrogen-bond acceptors (Lipinski definition) is 8. The lowest BCUT2D eigenvalue weighted by Gasteiger charge is -2.29. The Kier molecular flexibility index (Phi) is 12.7. The Morgan fingerprint density at radius 2 is 1.65 bits per heavy atom. The summed E-state index contributed by atoms with van der Waals surface area (Å²) < 4.78 is 26.0. The number of nitrogens with zero attached hydrogens (tertiary/aromatic N) is 2. The average molecular weight is 373 g/mol. The highest BCUT2D eigenvalue weighted by molar-refractivity contribution is 5.76. The van der Waals surface area contributed by atoms with E-state index in [4.69, 9.17) is 23.7 Å². The highest BCUT2D eigenvalue weighted by Gasteiger charge is 2.27. The number of carbonyl (C=O) groups excluding carboxylic acids is 1. The molecule has 1 unspecified atom stereocenters. The van der Waals surface area contributed by atoms with Crippen molar-refractivity contribution in [1.29, 1.82) is 0 Å². The molecular formula is C17H31N3O6. The minimum Gasteiger partial charge on any atom is -0.468 e. The van der Waals surface area contributed by atoms with Crippen LogP contribution in [0, 0.1) is 0 Å². The van der Waals surface area contributed by atoms with E-state index in [2.05, 4.69) is 9.97 Å². The second-order valence-electron chi connectivity index (χ2n) is 5.55. The van der Waals surface area contributed by atoms with Gasteiger partial charge in [-0.25, -0.2) is 4.98 Å². The molecule has 1 aromatic heterocycles. The third kappa shape index (κ3) is 9.25. The molecule has 26 heavy (non-hydrogen) atoms. The van der Waals surface area contributed by atoms with E-state index in [1.54, 1.807) is 26.7 Å². The van der Waals surface area contributed by atoms with Crippen LogP contribution in [0.3, 0.4) is 0 Å². The number of ether oxygens (including phenoxy) is 5. The highest BCUT2D eigenvalue weighted by atomic mass is 16.5. The molecule has 0 amide bonds. The number of imidazole rings is 1. The van der Waals surface area contributed by atoms with Crippen molar-refractivity contribution >= 4 is 5.97 Å². The lowest BCUT2D eigenvalue weighted by Crippen LogP contribution is -2.46. The predicted molar refractivity (Wildman–Crippen MR) is 95.1 cm³/mol. The van der Waals surface area contributed by atoms with Crippen molar-refractivity contribution in [2.45, 2.75) is 12.5 Å². The molecule has 0 saturated heterocycles. The van der Waals surface area contributed by atoms with Gasteiger partial charge < -0.3 is 28.7 Å². The monoisotopic (exact) mass is 373 g/mol. The molecule has 0 aliphatic carbocycles. The number of H-pyrrole nitrogens is 1. The van der Waals surface area contributed by atoms with Crippen molar-refractivity contribution in [3.05, 3.63) is 18.2 Å². The van der Waals surface area contributed by atoms with E-state index in [0.717, 1.165) is 5.69 Å². The second kappa shape index (κ2) is 14.6. The number of aromatic amines is 1. The summed E-state index contributed by atoms with van der Waals surface area (Å²) in [5.74, 6) is -0.304. The number of esters is 1. The first-order valence-corrected chi connectivity index (χ1v) is 8.65. The van der Waals surface area contributed by atoms with Gasteiger partial charge in [-0.15, -0.1) is 0 Å². The van der Waals surface area contributed by atoms with E-state index in [0.29, 0.717) is 59.2 Å². The number of carbonyl (C=O) groups is 1. The maximum atomic E-state index is 12.3. The molecule has 0 aliphatic heterocycles. The zero-order valence-corrected chi connectivity index (χ0v) is 15.9. The van der Waals surface area contributed by atoms with E-state index in [1.807, 2.05) is 4.90 Å². The van der Waals surface area contributed by atoms with Gasteiger partial charge in [-0.05, 0) is 0 Å². The molecular weight excluding hydrogens is 342 g/mol. The summed E-state index contributed by atoms with van der Waals surface area (Å²) >= 11 is 0. The summed E-state index contributed by atoms with van der Waals surface area (Å²) in [5, 5.41) is 0. The van der Waals surface area contributed by atoms with Gasteiger partial charge in [0.2, 0.25) is 0 Å². The van der Waals surface area contributed by atoms with E-state index < -0.39 is 6.04 Å². The lowest BCUT2D eigenvalue weighted by molar-refractivity contribution is -0.147. The molecule has 0 spiro atoms. The van der Waals surface area contributed by atoms with Crippen LogP contribution in [0.15, 0.2) is 12.5 Å². The lowest BCUT2D eigenvalue weighted by atomic mass is 10.1. The molecule has 0 fully saturated rings. The van der Waals surface area contributed by atoms with Crippen LogP contribution in [0.25, 0.3) is 0 Å². The van der Waals surface area contributed by atoms with Crippen molar-refractivity contribution in [2.75, 3.05) is 74.1 Å². The van der Waals surface area contributed by atoms with Crippen molar-refractivity contribution < 1.29 is 28.5 Å². The summed E-state index contributed by atoms with van der Waals surface area (Å²) in [6.07, 6.45) is 3.82. The van der Waals surface area contributed by atoms with Gasteiger partial charge >= 0.3 is 5.97 Å². The van der Waals surface area contributed by atoms with Crippen LogP contribution in [0.5, 0.6) is 0 Å². The minimum absolute atomic E-state index is 0.304. The first-order valence-electron chi connectivity index (χ1n) is 8.65. The van der Waals surface area contributed by atoms with Gasteiger partial charge in [0.05, 0.1) is 58.8 Å². The molecule has 0 aliphatic rings. The minimum atomic E-state index is -0.458. The van der Waals surface area contributed by atoms with Crippen LogP contribution in [0.2, 0.25) is 0 Å². The van der Waals surface area contributed by atoms with Crippen LogP contribution < -0.4 is 0 Å². The number of rotatable bonds is 16. The molecule has 1 heterocycles. The topological polar surface area (TPSA) is 95.1 Å². The molecule has 0 aromatic carbocycles. The van der Waals surface area contributed by atoms with E-state index >= 15 is 0 Å². The molecule has 1 aromatic rings. The van der Waals surface area contributed by atoms with Crippen LogP contribution in [-0.4, -0.2) is 101 Å². The first-order chi connectivity index (χ1) is 12.7. The normalized spacial score (nSPS) is 12.5. The largest absolute Gasteiger partial charge is 0.468 e. The van der Waals surface area contributed by atoms with Crippen LogP contribution in [0.4, 0.5) is 0 Å². The second-order valence-corrected chi connectivity index (χ2v) is 5.55. The maximum absolute atomic E-state index is 12.3. The Bertz CT molecular complexity index is 443. The molecule has 1 rings (SSSR count). The Morgan fingerprint density at radius 3 is 2.12 bits per heavy atom. The number of hydrogen-bond donors (Lipinski definition) is 1. The Labute approximate surface area is 154 Å². The van der Waals surface area contributed by atoms with Crippen LogP contribution >= 0.6 is 0 Å². The van der Waals surface area contributed by atoms with Gasteiger partial charge in [0.1, 0.15) is 6.04 Å². The van der Waals surface area contributed by atoms with Crippen molar-refractivity contribution in [2.24, 2.45) is 0 Å². The molecule has 9 nitrogen and oxygen atoms in total. The zero-order chi connectivity index (χ0) is 19.0. The van der Waals surface area contributed by atoms with Gasteiger partial charge in [0.25, 0.3) is 0 Å². The summed E-state index contributed by atoms with van der Waals surface area (Å²) in [7, 11) is 4.65. The predicted octanol–water partition coefficient (Wildman–Crippen LogP) is 0.122. The number of nitrogens with one attached hydrogen (secondary N) is 1. The average Bonchev–Trinajstić information content (AvgIpc) is 3.17. The Morgan fingerprint density at radius 1 is 1.04 bits per heavy atom. The highest BCUT2D eigenvalue weighted by Crippen LogP contribution is 2.09. The molecule has 1 atom stereocenters. The fourth-order valence-electron chi connectivity index (χ4n) is 2.37. The standard InChI is InChI=1S/C17H31N3O6/c1-22-8-10-25-6-4-20(5-7-26-11-9-23-2)16(17(21)24-3)12-15-13-18-14-19-15/h13-14,16H,4-12H2,1-3H3,(H,18,19). The van der Waals surface area contributed by atoms with E-state index in [-0.39, 0.29) is 5.97 Å². The SMILES string of the molecule is COCCOCCN(CCOCCOC)C(Cc1c[nH]cn1)C(=O)OC. The first kappa shape index (κ1) is 22.5. The summed E-state index contributed by atoms with van der Waals surface area (Å²) in [6, 6.07) is -0.458. The van der Waals surface area contributed by atoms with Gasteiger partial charge in [0.15, 0.2) is 0 Å². The van der Waals surface area contributed by atoms with E-state index in [9.17, 15) is 4.79 Å². The summed E-state index contributed by atoms with van der Waals surface area (Å²) in [4.78, 5) is 21.4. The fraction of sp³-hybridized carbons (Fsp3) is 0.765. The molecule has 0 saturated carbocycles. The molecule has 1 N–H and O–H groups in total. The summed E-state index contributed by atoms with van der Waals surface area (Å²) in [5.41, 5.74) is 0.797. The molecule has 9 heteroatoms. The van der Waals surface area contributed by atoms with Gasteiger partial charge in [-0.1, -0.05) is 0 Å². The quantitative estimate of drug-likeness (QED) is 0.323. The Balaban J connectivity index is 2.63. The number of aromatic nitrogens is 2. The molecule has 0 bridgehead atoms. The molecule has 0 radical (unpaired) electrons. The molecule has 150 valence electrons. The Hall–Kier alpha value is -1.52. The van der Waals surface area contributed by atoms with Crippen LogP contribution in [0.1, 0.15) is 5.69 Å². The third-order valence-electron chi connectivity index (χ3n) is 3.78. The van der Waals surface area contributed by atoms with E-state index in [1.165, 1.54) is 7.11 Å². The number of methoxy groups -OCH3 is 3. The van der Waals surface area contributed by atoms with Crippen LogP contribution in [-0.2, 0) is 34.9 Å². The maximum Gasteiger partial charge on any atom is 0.323 e. The van der Waals surface area contributed by atoms with Gasteiger partial charge in [-0.2, -0.15) is 0 Å². The van der Waals surface area contributed by atoms with Crippen molar-refractivity contribution in [1.82, 2.24) is 14.9 Å². The van der Waals surface area contributed by atoms with Crippen molar-refractivity contribution in [3.63, 3.8) is 0 Å². The third-order valence-corrected chi connectivity index (χ3v) is 3.78. The summed E-state index contributed by atoms with van der Waals surface area (Å²) in [6.45, 7) is 4.20. The van der Waals surface area contributed by atoms with Gasteiger partial charge in [0, 0.05) is 39.9 Å². The van der Waals surface area contributed by atoms with Crippen molar-refractivity contribution in [3.8, 4) is 0 Å². The zero-order valence-electron chi connectivity index (χ0n) is 15.9. The smallest absolute Gasteiger partial charge is 0.323 e. The van der Waals surface area contributed by atoms with Gasteiger partial charge in [-0.3, -0.25) is 9.69 Å².